The van der Waals surface area contributed by atoms with Gasteiger partial charge < -0.3 is 9.64 Å². The molecule has 0 saturated heterocycles. The van der Waals surface area contributed by atoms with Gasteiger partial charge in [0.15, 0.2) is 0 Å². The number of ether oxygens (including phenoxy) is 1. The highest BCUT2D eigenvalue weighted by atomic mass is 16.5. The first-order valence-corrected chi connectivity index (χ1v) is 6.17. The number of hydrogen-bond donors (Lipinski definition) is 0. The third-order valence-corrected chi connectivity index (χ3v) is 2.33. The van der Waals surface area contributed by atoms with Crippen molar-refractivity contribution in [3.8, 4) is 6.07 Å². The quantitative estimate of drug-likeness (QED) is 0.315. The van der Waals surface area contributed by atoms with E-state index in [9.17, 15) is 4.79 Å². The van der Waals surface area contributed by atoms with Crippen LogP contribution in [0.3, 0.4) is 0 Å². The molecular formula is C14H22N2O2. The van der Waals surface area contributed by atoms with E-state index in [2.05, 4.69) is 32.6 Å². The fraction of sp³-hybridized carbons (Fsp3) is 0.571. The summed E-state index contributed by atoms with van der Waals surface area (Å²) in [6.45, 7) is 10.3. The second-order valence-electron chi connectivity index (χ2n) is 4.39. The number of rotatable bonds is 6. The lowest BCUT2D eigenvalue weighted by molar-refractivity contribution is -0.138. The summed E-state index contributed by atoms with van der Waals surface area (Å²) in [5, 5.41) is 8.84. The Morgan fingerprint density at radius 1 is 1.33 bits per heavy atom. The minimum Gasteiger partial charge on any atom is -0.462 e. The van der Waals surface area contributed by atoms with Gasteiger partial charge in [-0.05, 0) is 53.0 Å². The van der Waals surface area contributed by atoms with E-state index in [0.29, 0.717) is 12.1 Å². The van der Waals surface area contributed by atoms with Crippen LogP contribution < -0.4 is 0 Å². The van der Waals surface area contributed by atoms with Gasteiger partial charge in [0.05, 0.1) is 6.61 Å². The number of carbonyl (C=O) groups is 1. The molecule has 4 heteroatoms. The van der Waals surface area contributed by atoms with E-state index in [-0.39, 0.29) is 12.2 Å². The number of hydrogen-bond acceptors (Lipinski definition) is 4. The van der Waals surface area contributed by atoms with Gasteiger partial charge in [0, 0.05) is 12.1 Å². The van der Waals surface area contributed by atoms with E-state index in [1.165, 1.54) is 6.08 Å². The molecular weight excluding hydrogens is 228 g/mol. The predicted molar refractivity (Wildman–Crippen MR) is 71.6 cm³/mol. The van der Waals surface area contributed by atoms with E-state index >= 15 is 0 Å². The van der Waals surface area contributed by atoms with Gasteiger partial charge in [0.2, 0.25) is 0 Å². The maximum Gasteiger partial charge on any atom is 0.348 e. The Kier molecular flexibility index (Phi) is 7.53. The molecule has 0 heterocycles. The van der Waals surface area contributed by atoms with Gasteiger partial charge in [0.1, 0.15) is 11.6 Å². The highest BCUT2D eigenvalue weighted by Gasteiger charge is 2.09. The third kappa shape index (κ3) is 5.53. The maximum absolute atomic E-state index is 11.4. The largest absolute Gasteiger partial charge is 0.462 e. The van der Waals surface area contributed by atoms with Crippen molar-refractivity contribution in [3.63, 3.8) is 0 Å². The van der Waals surface area contributed by atoms with Crippen molar-refractivity contribution in [2.75, 3.05) is 6.61 Å². The van der Waals surface area contributed by atoms with Gasteiger partial charge in [-0.25, -0.2) is 4.79 Å². The predicted octanol–water partition coefficient (Wildman–Crippen LogP) is 2.63. The van der Waals surface area contributed by atoms with Gasteiger partial charge in [-0.3, -0.25) is 0 Å². The molecule has 0 aromatic carbocycles. The number of nitrogens with zero attached hydrogens (tertiary/aromatic N) is 2. The summed E-state index contributed by atoms with van der Waals surface area (Å²) in [5.74, 6) is -0.578. The van der Waals surface area contributed by atoms with Crippen LogP contribution in [0.4, 0.5) is 0 Å². The Morgan fingerprint density at radius 3 is 2.28 bits per heavy atom. The van der Waals surface area contributed by atoms with Crippen LogP contribution in [0, 0.1) is 11.3 Å². The molecule has 0 saturated carbocycles. The molecule has 0 aromatic rings. The van der Waals surface area contributed by atoms with Crippen LogP contribution >= 0.6 is 0 Å². The molecule has 0 rings (SSSR count). The summed E-state index contributed by atoms with van der Waals surface area (Å²) in [7, 11) is 0. The van der Waals surface area contributed by atoms with Gasteiger partial charge in [0.25, 0.3) is 0 Å². The molecule has 0 aromatic heterocycles. The Labute approximate surface area is 110 Å². The monoisotopic (exact) mass is 250 g/mol. The lowest BCUT2D eigenvalue weighted by atomic mass is 10.2. The second kappa shape index (κ2) is 8.35. The van der Waals surface area contributed by atoms with Crippen LogP contribution in [-0.4, -0.2) is 29.6 Å². The first kappa shape index (κ1) is 16.2. The second-order valence-corrected chi connectivity index (χ2v) is 4.39. The summed E-state index contributed by atoms with van der Waals surface area (Å²) < 4.78 is 4.77. The molecule has 0 aliphatic heterocycles. The minimum absolute atomic E-state index is 0.0144. The summed E-state index contributed by atoms with van der Waals surface area (Å²) in [6, 6.07) is 2.56. The van der Waals surface area contributed by atoms with Crippen LogP contribution in [0.2, 0.25) is 0 Å². The summed E-state index contributed by atoms with van der Waals surface area (Å²) in [4.78, 5) is 13.5. The molecule has 0 amide bonds. The van der Waals surface area contributed by atoms with Gasteiger partial charge in [-0.15, -0.1) is 0 Å². The van der Waals surface area contributed by atoms with Crippen molar-refractivity contribution in [1.29, 1.82) is 5.26 Å². The Bertz CT molecular complexity index is 354. The molecule has 4 nitrogen and oxygen atoms in total. The average molecular weight is 250 g/mol. The summed E-state index contributed by atoms with van der Waals surface area (Å²) in [5.41, 5.74) is 0.0144. The molecule has 0 N–H and O–H groups in total. The first-order valence-electron chi connectivity index (χ1n) is 6.17. The molecule has 100 valence electrons. The van der Waals surface area contributed by atoms with Crippen molar-refractivity contribution in [3.05, 3.63) is 23.9 Å². The van der Waals surface area contributed by atoms with Crippen LogP contribution in [0.1, 0.15) is 34.6 Å². The Morgan fingerprint density at radius 2 is 1.89 bits per heavy atom. The van der Waals surface area contributed by atoms with Crippen LogP contribution in [0.15, 0.2) is 23.9 Å². The lowest BCUT2D eigenvalue weighted by Crippen LogP contribution is -2.31. The smallest absolute Gasteiger partial charge is 0.348 e. The number of esters is 1. The molecule has 0 radical (unpaired) electrons. The molecule has 0 aliphatic rings. The molecule has 18 heavy (non-hydrogen) atoms. The fourth-order valence-corrected chi connectivity index (χ4v) is 1.54. The van der Waals surface area contributed by atoms with Crippen LogP contribution in [-0.2, 0) is 9.53 Å². The van der Waals surface area contributed by atoms with Crippen LogP contribution in [0.25, 0.3) is 0 Å². The fourth-order valence-electron chi connectivity index (χ4n) is 1.54. The SMILES string of the molecule is CCOC(=O)C(C#N)=CC=CN(C(C)C)C(C)C. The van der Waals surface area contributed by atoms with Crippen molar-refractivity contribution >= 4 is 5.97 Å². The van der Waals surface area contributed by atoms with E-state index in [1.807, 2.05) is 12.3 Å². The Balaban J connectivity index is 4.77. The molecule has 0 atom stereocenters. The highest BCUT2D eigenvalue weighted by molar-refractivity contribution is 5.93. The van der Waals surface area contributed by atoms with Gasteiger partial charge in [-0.1, -0.05) is 0 Å². The average Bonchev–Trinajstić information content (AvgIpc) is 2.28. The van der Waals surface area contributed by atoms with E-state index in [4.69, 9.17) is 10.00 Å². The van der Waals surface area contributed by atoms with E-state index in [0.717, 1.165) is 0 Å². The number of allylic oxidation sites excluding steroid dienone is 2. The number of carbonyl (C=O) groups excluding carboxylic acids is 1. The van der Waals surface area contributed by atoms with Crippen molar-refractivity contribution in [2.45, 2.75) is 46.7 Å². The van der Waals surface area contributed by atoms with Crippen LogP contribution in [0.5, 0.6) is 0 Å². The maximum atomic E-state index is 11.4. The Hall–Kier alpha value is -1.76. The van der Waals surface area contributed by atoms with Crippen molar-refractivity contribution in [2.24, 2.45) is 0 Å². The zero-order chi connectivity index (χ0) is 14.1. The summed E-state index contributed by atoms with van der Waals surface area (Å²) in [6.07, 6.45) is 5.07. The van der Waals surface area contributed by atoms with Crippen molar-refractivity contribution < 1.29 is 9.53 Å². The highest BCUT2D eigenvalue weighted by Crippen LogP contribution is 2.06. The lowest BCUT2D eigenvalue weighted by Gasteiger charge is -2.28. The topological polar surface area (TPSA) is 53.3 Å². The van der Waals surface area contributed by atoms with Gasteiger partial charge in [-0.2, -0.15) is 5.26 Å². The summed E-state index contributed by atoms with van der Waals surface area (Å²) >= 11 is 0. The molecule has 0 bridgehead atoms. The molecule has 0 spiro atoms. The number of nitriles is 1. The molecule has 0 aliphatic carbocycles. The molecule has 0 fully saturated rings. The molecule has 0 unspecified atom stereocenters. The van der Waals surface area contributed by atoms with E-state index < -0.39 is 5.97 Å². The third-order valence-electron chi connectivity index (χ3n) is 2.33. The van der Waals surface area contributed by atoms with E-state index in [1.54, 1.807) is 13.0 Å². The normalized spacial score (nSPS) is 12.0. The zero-order valence-electron chi connectivity index (χ0n) is 11.8. The zero-order valence-corrected chi connectivity index (χ0v) is 11.8. The van der Waals surface area contributed by atoms with Gasteiger partial charge >= 0.3 is 5.97 Å². The standard InChI is InChI=1S/C14H22N2O2/c1-6-18-14(17)13(10-15)8-7-9-16(11(2)3)12(4)5/h7-9,11-12H,6H2,1-5H3. The first-order chi connectivity index (χ1) is 8.43. The minimum atomic E-state index is -0.578. The van der Waals surface area contributed by atoms with Crippen molar-refractivity contribution in [1.82, 2.24) is 4.90 Å².